The van der Waals surface area contributed by atoms with E-state index in [9.17, 15) is 9.59 Å². The number of hydrogen-bond acceptors (Lipinski definition) is 4. The van der Waals surface area contributed by atoms with Gasteiger partial charge in [-0.15, -0.1) is 0 Å². The van der Waals surface area contributed by atoms with Gasteiger partial charge in [0.25, 0.3) is 0 Å². The first-order valence-corrected chi connectivity index (χ1v) is 10.00. The largest absolute Gasteiger partial charge is 0.326 e. The third kappa shape index (κ3) is 4.70. The minimum absolute atomic E-state index is 0.0976. The lowest BCUT2D eigenvalue weighted by atomic mass is 10.0. The van der Waals surface area contributed by atoms with Crippen LogP contribution in [0.15, 0.2) is 47.5 Å². The monoisotopic (exact) mass is 393 g/mol. The van der Waals surface area contributed by atoms with Gasteiger partial charge < -0.3 is 10.6 Å². The fourth-order valence-electron chi connectivity index (χ4n) is 2.93. The number of carbonyl (C=O) groups is 2. The lowest BCUT2D eigenvalue weighted by Crippen LogP contribution is -2.14. The second-order valence-electron chi connectivity index (χ2n) is 6.80. The number of carbonyl (C=O) groups excluding carboxylic acids is 2. The molecule has 3 aromatic rings. The van der Waals surface area contributed by atoms with Crippen molar-refractivity contribution in [2.24, 2.45) is 0 Å². The number of anilines is 2. The summed E-state index contributed by atoms with van der Waals surface area (Å²) in [6, 6.07) is 13.4. The number of amides is 2. The molecule has 0 aliphatic rings. The third-order valence-corrected chi connectivity index (χ3v) is 5.47. The quantitative estimate of drug-likeness (QED) is 0.608. The predicted octanol–water partition coefficient (Wildman–Crippen LogP) is 4.85. The Hall–Kier alpha value is -2.86. The topological polar surface area (TPSA) is 71.1 Å². The molecule has 5 nitrogen and oxygen atoms in total. The Bertz CT molecular complexity index is 1050. The fraction of sp³-hybridized carbons (Fsp3) is 0.227. The molecule has 0 aliphatic carbocycles. The smallest absolute Gasteiger partial charge is 0.234 e. The normalized spacial score (nSPS) is 10.7. The summed E-state index contributed by atoms with van der Waals surface area (Å²) >= 11 is 1.44. The number of aromatic nitrogens is 1. The van der Waals surface area contributed by atoms with Gasteiger partial charge in [0.15, 0.2) is 0 Å². The van der Waals surface area contributed by atoms with Crippen LogP contribution in [0.25, 0.3) is 10.9 Å². The van der Waals surface area contributed by atoms with Crippen molar-refractivity contribution in [2.75, 3.05) is 16.4 Å². The summed E-state index contributed by atoms with van der Waals surface area (Å²) in [5, 5.41) is 7.60. The standard InChI is InChI=1S/C22H23N3O2S/c1-13-5-6-14(2)21-19(13)11-15(3)22(25-21)28-12-20(27)24-18-9-7-17(8-10-18)23-16(4)26/h5-11H,12H2,1-4H3,(H,23,26)(H,24,27). The van der Waals surface area contributed by atoms with Crippen LogP contribution in [0.5, 0.6) is 0 Å². The van der Waals surface area contributed by atoms with Gasteiger partial charge in [-0.05, 0) is 67.8 Å². The first-order chi connectivity index (χ1) is 13.3. The van der Waals surface area contributed by atoms with E-state index in [1.165, 1.54) is 24.2 Å². The zero-order chi connectivity index (χ0) is 20.3. The summed E-state index contributed by atoms with van der Waals surface area (Å²) in [6.07, 6.45) is 0. The Balaban J connectivity index is 1.66. The van der Waals surface area contributed by atoms with Crippen LogP contribution < -0.4 is 10.6 Å². The van der Waals surface area contributed by atoms with E-state index in [0.29, 0.717) is 11.4 Å². The molecule has 2 aromatic carbocycles. The first kappa shape index (κ1) is 19.9. The molecule has 0 atom stereocenters. The highest BCUT2D eigenvalue weighted by molar-refractivity contribution is 8.00. The maximum Gasteiger partial charge on any atom is 0.234 e. The van der Waals surface area contributed by atoms with Crippen LogP contribution in [0.3, 0.4) is 0 Å². The number of aryl methyl sites for hydroxylation is 3. The van der Waals surface area contributed by atoms with Crippen LogP contribution in [-0.2, 0) is 9.59 Å². The molecule has 0 spiro atoms. The molecular formula is C22H23N3O2S. The fourth-order valence-corrected chi connectivity index (χ4v) is 3.72. The zero-order valence-electron chi connectivity index (χ0n) is 16.4. The van der Waals surface area contributed by atoms with Crippen LogP contribution >= 0.6 is 11.8 Å². The molecular weight excluding hydrogens is 370 g/mol. The van der Waals surface area contributed by atoms with E-state index in [-0.39, 0.29) is 17.6 Å². The van der Waals surface area contributed by atoms with Gasteiger partial charge >= 0.3 is 0 Å². The van der Waals surface area contributed by atoms with E-state index in [1.807, 2.05) is 6.92 Å². The Labute approximate surface area is 168 Å². The van der Waals surface area contributed by atoms with E-state index in [0.717, 1.165) is 27.1 Å². The molecule has 0 unspecified atom stereocenters. The molecule has 0 saturated carbocycles. The van der Waals surface area contributed by atoms with E-state index >= 15 is 0 Å². The number of thioether (sulfide) groups is 1. The average Bonchev–Trinajstić information content (AvgIpc) is 2.65. The van der Waals surface area contributed by atoms with Crippen molar-refractivity contribution < 1.29 is 9.59 Å². The van der Waals surface area contributed by atoms with Crippen molar-refractivity contribution in [3.8, 4) is 0 Å². The van der Waals surface area contributed by atoms with Crippen molar-refractivity contribution in [2.45, 2.75) is 32.7 Å². The van der Waals surface area contributed by atoms with Gasteiger partial charge in [0.1, 0.15) is 5.03 Å². The average molecular weight is 394 g/mol. The minimum atomic E-state index is -0.128. The molecule has 2 N–H and O–H groups in total. The summed E-state index contributed by atoms with van der Waals surface area (Å²) < 4.78 is 0. The van der Waals surface area contributed by atoms with Crippen LogP contribution in [0.1, 0.15) is 23.6 Å². The van der Waals surface area contributed by atoms with Gasteiger partial charge in [-0.1, -0.05) is 23.9 Å². The van der Waals surface area contributed by atoms with Crippen LogP contribution in [0.2, 0.25) is 0 Å². The lowest BCUT2D eigenvalue weighted by molar-refractivity contribution is -0.114. The number of benzene rings is 2. The summed E-state index contributed by atoms with van der Waals surface area (Å²) in [7, 11) is 0. The number of nitrogens with one attached hydrogen (secondary N) is 2. The summed E-state index contributed by atoms with van der Waals surface area (Å²) in [4.78, 5) is 28.2. The molecule has 0 aliphatic heterocycles. The molecule has 0 bridgehead atoms. The van der Waals surface area contributed by atoms with Gasteiger partial charge in [-0.3, -0.25) is 9.59 Å². The molecule has 1 heterocycles. The number of rotatable bonds is 5. The first-order valence-electron chi connectivity index (χ1n) is 9.01. The Morgan fingerprint density at radius 2 is 1.50 bits per heavy atom. The summed E-state index contributed by atoms with van der Waals surface area (Å²) in [5.74, 6) is 0.0499. The predicted molar refractivity (Wildman–Crippen MR) is 116 cm³/mol. The van der Waals surface area contributed by atoms with Crippen molar-refractivity contribution in [1.29, 1.82) is 0 Å². The van der Waals surface area contributed by atoms with E-state index in [4.69, 9.17) is 4.98 Å². The molecule has 144 valence electrons. The highest BCUT2D eigenvalue weighted by Gasteiger charge is 2.11. The molecule has 3 rings (SSSR count). The second-order valence-corrected chi connectivity index (χ2v) is 7.77. The van der Waals surface area contributed by atoms with E-state index in [1.54, 1.807) is 24.3 Å². The van der Waals surface area contributed by atoms with Gasteiger partial charge in [-0.2, -0.15) is 0 Å². The van der Waals surface area contributed by atoms with Crippen molar-refractivity contribution in [1.82, 2.24) is 4.98 Å². The van der Waals surface area contributed by atoms with E-state index < -0.39 is 0 Å². The maximum absolute atomic E-state index is 12.3. The second kappa shape index (κ2) is 8.44. The van der Waals surface area contributed by atoms with Gasteiger partial charge in [0.05, 0.1) is 11.3 Å². The molecule has 0 saturated heterocycles. The SMILES string of the molecule is CC(=O)Nc1ccc(NC(=O)CSc2nc3c(C)ccc(C)c3cc2C)cc1. The van der Waals surface area contributed by atoms with E-state index in [2.05, 4.69) is 42.7 Å². The van der Waals surface area contributed by atoms with Crippen molar-refractivity contribution in [3.05, 3.63) is 59.2 Å². The van der Waals surface area contributed by atoms with Gasteiger partial charge in [0.2, 0.25) is 11.8 Å². The van der Waals surface area contributed by atoms with Crippen molar-refractivity contribution in [3.63, 3.8) is 0 Å². The summed E-state index contributed by atoms with van der Waals surface area (Å²) in [5.41, 5.74) is 5.77. The molecule has 1 aromatic heterocycles. The van der Waals surface area contributed by atoms with Crippen LogP contribution in [0, 0.1) is 20.8 Å². The third-order valence-electron chi connectivity index (χ3n) is 4.38. The highest BCUT2D eigenvalue weighted by Crippen LogP contribution is 2.28. The lowest BCUT2D eigenvalue weighted by Gasteiger charge is -2.11. The van der Waals surface area contributed by atoms with Gasteiger partial charge in [0, 0.05) is 23.7 Å². The molecule has 2 amide bonds. The highest BCUT2D eigenvalue weighted by atomic mass is 32.2. The number of hydrogen-bond donors (Lipinski definition) is 2. The maximum atomic E-state index is 12.3. The van der Waals surface area contributed by atoms with Crippen LogP contribution in [-0.4, -0.2) is 22.6 Å². The Kier molecular flexibility index (Phi) is 5.99. The minimum Gasteiger partial charge on any atom is -0.326 e. The van der Waals surface area contributed by atoms with Gasteiger partial charge in [-0.25, -0.2) is 4.98 Å². The molecule has 0 radical (unpaired) electrons. The number of nitrogens with zero attached hydrogens (tertiary/aromatic N) is 1. The number of pyridine rings is 1. The van der Waals surface area contributed by atoms with Crippen LogP contribution in [0.4, 0.5) is 11.4 Å². The summed E-state index contributed by atoms with van der Waals surface area (Å²) in [6.45, 7) is 7.62. The molecule has 6 heteroatoms. The Morgan fingerprint density at radius 3 is 2.14 bits per heavy atom. The zero-order valence-corrected chi connectivity index (χ0v) is 17.2. The van der Waals surface area contributed by atoms with Crippen molar-refractivity contribution >= 4 is 45.9 Å². The molecule has 28 heavy (non-hydrogen) atoms. The Morgan fingerprint density at radius 1 is 0.893 bits per heavy atom. The molecule has 0 fully saturated rings. The number of fused-ring (bicyclic) bond motifs is 1.